The van der Waals surface area contributed by atoms with Crippen LogP contribution in [0.4, 0.5) is 5.69 Å². The Labute approximate surface area is 164 Å². The first-order chi connectivity index (χ1) is 13.5. The molecule has 0 aliphatic heterocycles. The predicted octanol–water partition coefficient (Wildman–Crippen LogP) is 4.49. The van der Waals surface area contributed by atoms with Crippen LogP contribution in [0.3, 0.4) is 0 Å². The van der Waals surface area contributed by atoms with Gasteiger partial charge in [-0.05, 0) is 35.9 Å². The van der Waals surface area contributed by atoms with Crippen molar-refractivity contribution in [3.05, 3.63) is 102 Å². The van der Waals surface area contributed by atoms with Gasteiger partial charge < -0.3 is 14.7 Å². The molecule has 144 valence electrons. The second kappa shape index (κ2) is 10.5. The first-order valence-electron chi connectivity index (χ1n) is 8.74. The molecule has 28 heavy (non-hydrogen) atoms. The molecule has 0 bridgehead atoms. The summed E-state index contributed by atoms with van der Waals surface area (Å²) in [5.74, 6) is -1.61. The molecule has 0 aromatic heterocycles. The maximum absolute atomic E-state index is 11.8. The first kappa shape index (κ1) is 20.7. The quantitative estimate of drug-likeness (QED) is 0.664. The Bertz CT molecular complexity index is 893. The number of carbonyl (C=O) groups excluding carboxylic acids is 1. The molecule has 5 nitrogen and oxygen atoms in total. The van der Waals surface area contributed by atoms with Gasteiger partial charge in [-0.2, -0.15) is 0 Å². The summed E-state index contributed by atoms with van der Waals surface area (Å²) >= 11 is 0. The Morgan fingerprint density at radius 2 is 1.39 bits per heavy atom. The molecule has 0 aliphatic carbocycles. The van der Waals surface area contributed by atoms with E-state index in [4.69, 9.17) is 9.84 Å². The third-order valence-corrected chi connectivity index (χ3v) is 3.83. The number of nitrogens with zero attached hydrogens (tertiary/aromatic N) is 1. The molecule has 0 spiro atoms. The van der Waals surface area contributed by atoms with Crippen molar-refractivity contribution in [3.63, 3.8) is 0 Å². The topological polar surface area (TPSA) is 66.8 Å². The number of anilines is 1. The number of carbonyl (C=O) groups is 2. The maximum Gasteiger partial charge on any atom is 0.338 e. The molecule has 3 rings (SSSR count). The molecule has 0 amide bonds. The lowest BCUT2D eigenvalue weighted by Gasteiger charge is -2.10. The summed E-state index contributed by atoms with van der Waals surface area (Å²) in [7, 11) is 4.07. The summed E-state index contributed by atoms with van der Waals surface area (Å²) in [6.07, 6.45) is 0. The van der Waals surface area contributed by atoms with E-state index in [0.717, 1.165) is 5.56 Å². The number of benzene rings is 3. The minimum absolute atomic E-state index is 0.0640. The second-order valence-electron chi connectivity index (χ2n) is 6.18. The average molecular weight is 377 g/mol. The molecule has 0 aliphatic rings. The van der Waals surface area contributed by atoms with Gasteiger partial charge in [-0.25, -0.2) is 9.59 Å². The van der Waals surface area contributed by atoms with Gasteiger partial charge in [0.05, 0.1) is 11.1 Å². The monoisotopic (exact) mass is 377 g/mol. The van der Waals surface area contributed by atoms with E-state index in [0.29, 0.717) is 0 Å². The number of carboxylic acids is 1. The minimum Gasteiger partial charge on any atom is -0.478 e. The van der Waals surface area contributed by atoms with Crippen molar-refractivity contribution >= 4 is 17.6 Å². The zero-order valence-corrected chi connectivity index (χ0v) is 15.9. The van der Waals surface area contributed by atoms with Crippen LogP contribution in [-0.4, -0.2) is 31.1 Å². The molecule has 0 fully saturated rings. The number of rotatable bonds is 5. The van der Waals surface area contributed by atoms with E-state index in [1.807, 2.05) is 62.6 Å². The summed E-state index contributed by atoms with van der Waals surface area (Å²) < 4.78 is 5.12. The lowest BCUT2D eigenvalue weighted by atomic mass is 10.1. The van der Waals surface area contributed by atoms with Crippen LogP contribution in [-0.2, 0) is 11.3 Å². The lowest BCUT2D eigenvalue weighted by molar-refractivity contribution is 0.0472. The van der Waals surface area contributed by atoms with Gasteiger partial charge in [0.15, 0.2) is 0 Å². The highest BCUT2D eigenvalue weighted by atomic mass is 16.5. The minimum atomic E-state index is -1.07. The van der Waals surface area contributed by atoms with Crippen molar-refractivity contribution in [2.75, 3.05) is 19.0 Å². The van der Waals surface area contributed by atoms with Crippen LogP contribution in [0.25, 0.3) is 0 Å². The summed E-state index contributed by atoms with van der Waals surface area (Å²) in [5, 5.41) is 8.85. The van der Waals surface area contributed by atoms with Gasteiger partial charge in [-0.3, -0.25) is 0 Å². The smallest absolute Gasteiger partial charge is 0.338 e. The molecule has 5 heteroatoms. The largest absolute Gasteiger partial charge is 0.478 e. The molecule has 0 saturated heterocycles. The number of ether oxygens (including phenoxy) is 1. The molecule has 0 heterocycles. The summed E-state index contributed by atoms with van der Waals surface area (Å²) in [6.45, 7) is 0.164. The van der Waals surface area contributed by atoms with E-state index in [9.17, 15) is 9.59 Å². The fourth-order valence-corrected chi connectivity index (χ4v) is 2.31. The zero-order valence-electron chi connectivity index (χ0n) is 15.9. The van der Waals surface area contributed by atoms with E-state index >= 15 is 0 Å². The van der Waals surface area contributed by atoms with Gasteiger partial charge >= 0.3 is 11.9 Å². The summed E-state index contributed by atoms with van der Waals surface area (Å²) in [6, 6.07) is 25.3. The van der Waals surface area contributed by atoms with Gasteiger partial charge in [0, 0.05) is 19.8 Å². The van der Waals surface area contributed by atoms with Crippen LogP contribution in [0.2, 0.25) is 0 Å². The molecular formula is C23H23NO4. The number of hydrogen-bond donors (Lipinski definition) is 1. The van der Waals surface area contributed by atoms with Crippen molar-refractivity contribution in [2.45, 2.75) is 6.61 Å². The van der Waals surface area contributed by atoms with Crippen molar-refractivity contribution in [1.29, 1.82) is 0 Å². The van der Waals surface area contributed by atoms with Crippen LogP contribution >= 0.6 is 0 Å². The highest BCUT2D eigenvalue weighted by molar-refractivity contribution is 5.94. The summed E-state index contributed by atoms with van der Waals surface area (Å²) in [5.41, 5.74) is 2.42. The van der Waals surface area contributed by atoms with Gasteiger partial charge in [0.2, 0.25) is 0 Å². The summed E-state index contributed by atoms with van der Waals surface area (Å²) in [4.78, 5) is 24.7. The van der Waals surface area contributed by atoms with Crippen molar-refractivity contribution in [3.8, 4) is 0 Å². The number of hydrogen-bond acceptors (Lipinski definition) is 4. The van der Waals surface area contributed by atoms with Crippen LogP contribution in [0.15, 0.2) is 84.9 Å². The molecule has 3 aromatic carbocycles. The molecular weight excluding hydrogens is 354 g/mol. The molecule has 0 atom stereocenters. The predicted molar refractivity (Wildman–Crippen MR) is 110 cm³/mol. The Morgan fingerprint density at radius 3 is 1.93 bits per heavy atom. The Morgan fingerprint density at radius 1 is 0.821 bits per heavy atom. The number of esters is 1. The maximum atomic E-state index is 11.8. The fraction of sp³-hybridized carbons (Fsp3) is 0.130. The number of aromatic carboxylic acids is 1. The molecule has 3 aromatic rings. The Balaban J connectivity index is 0.000000261. The van der Waals surface area contributed by atoms with Crippen molar-refractivity contribution in [2.24, 2.45) is 0 Å². The van der Waals surface area contributed by atoms with E-state index in [-0.39, 0.29) is 17.7 Å². The van der Waals surface area contributed by atoms with E-state index in [2.05, 4.69) is 17.0 Å². The van der Waals surface area contributed by atoms with E-state index in [1.165, 1.54) is 30.0 Å². The van der Waals surface area contributed by atoms with E-state index < -0.39 is 11.9 Å². The van der Waals surface area contributed by atoms with Crippen molar-refractivity contribution in [1.82, 2.24) is 0 Å². The van der Waals surface area contributed by atoms with Crippen molar-refractivity contribution < 1.29 is 19.4 Å². The van der Waals surface area contributed by atoms with Gasteiger partial charge in [-0.15, -0.1) is 0 Å². The zero-order chi connectivity index (χ0) is 20.4. The third kappa shape index (κ3) is 6.61. The Kier molecular flexibility index (Phi) is 7.78. The molecule has 0 unspecified atom stereocenters. The molecule has 0 radical (unpaired) electrons. The first-order valence-corrected chi connectivity index (χ1v) is 8.74. The lowest BCUT2D eigenvalue weighted by Crippen LogP contribution is -2.07. The number of para-hydroxylation sites is 1. The number of carboxylic acid groups (broad SMARTS) is 1. The second-order valence-corrected chi connectivity index (χ2v) is 6.18. The van der Waals surface area contributed by atoms with Crippen LogP contribution in [0.5, 0.6) is 0 Å². The highest BCUT2D eigenvalue weighted by Gasteiger charge is 2.10. The van der Waals surface area contributed by atoms with Gasteiger partial charge in [0.25, 0.3) is 0 Å². The average Bonchev–Trinajstić information content (AvgIpc) is 2.74. The molecule has 0 saturated carbocycles. The van der Waals surface area contributed by atoms with Crippen LogP contribution in [0, 0.1) is 0 Å². The highest BCUT2D eigenvalue weighted by Crippen LogP contribution is 2.09. The normalized spacial score (nSPS) is 9.64. The van der Waals surface area contributed by atoms with Crippen LogP contribution in [0.1, 0.15) is 26.3 Å². The fourth-order valence-electron chi connectivity index (χ4n) is 2.31. The van der Waals surface area contributed by atoms with E-state index in [1.54, 1.807) is 0 Å². The van der Waals surface area contributed by atoms with Gasteiger partial charge in [-0.1, -0.05) is 54.6 Å². The third-order valence-electron chi connectivity index (χ3n) is 3.83. The standard InChI is InChI=1S/C15H12O4.C8H11N/c16-14(17)12-7-4-8-13(9-12)15(18)19-10-11-5-2-1-3-6-11;1-9(2)8-6-4-3-5-7-8/h1-9H,10H2,(H,16,17);3-7H,1-2H3. The SMILES string of the molecule is CN(C)c1ccccc1.O=C(O)c1cccc(C(=O)OCc2ccccc2)c1. The Hall–Kier alpha value is -3.60. The van der Waals surface area contributed by atoms with Gasteiger partial charge in [0.1, 0.15) is 6.61 Å². The van der Waals surface area contributed by atoms with Crippen LogP contribution < -0.4 is 4.90 Å². The molecule has 1 N–H and O–H groups in total.